The molecule has 1 N–H and O–H groups in total. The molecule has 4 rings (SSSR count). The van der Waals surface area contributed by atoms with E-state index in [1.165, 1.54) is 4.31 Å². The van der Waals surface area contributed by atoms with E-state index in [2.05, 4.69) is 17.3 Å². The van der Waals surface area contributed by atoms with Crippen molar-refractivity contribution in [3.8, 4) is 5.69 Å². The molecule has 0 atom stereocenters. The number of benzene rings is 1. The standard InChI is InChI=1S/C24H34N4O3S/c1-17-9-11-21(12-10-17)25-24(29)20-13-15-27(16-14-20)32(30,31)23-18(2)26-28(19(23)3)22-7-5-4-6-8-22/h4-8,17,20-21H,9-16H2,1-3H3,(H,25,29). The summed E-state index contributed by atoms with van der Waals surface area (Å²) in [6.45, 7) is 6.52. The molecule has 0 bridgehead atoms. The Morgan fingerprint density at radius 3 is 2.25 bits per heavy atom. The van der Waals surface area contributed by atoms with Gasteiger partial charge in [0.2, 0.25) is 15.9 Å². The van der Waals surface area contributed by atoms with Gasteiger partial charge in [-0.1, -0.05) is 25.1 Å². The van der Waals surface area contributed by atoms with Crippen molar-refractivity contribution in [1.82, 2.24) is 19.4 Å². The SMILES string of the molecule is Cc1nn(-c2ccccc2)c(C)c1S(=O)(=O)N1CCC(C(=O)NC2CCC(C)CC2)CC1. The fourth-order valence-electron chi connectivity index (χ4n) is 5.03. The van der Waals surface area contributed by atoms with Gasteiger partial charge in [0, 0.05) is 25.0 Å². The molecule has 7 nitrogen and oxygen atoms in total. The number of piperidine rings is 1. The van der Waals surface area contributed by atoms with E-state index in [0.29, 0.717) is 37.3 Å². The molecule has 1 aliphatic carbocycles. The molecule has 2 fully saturated rings. The third kappa shape index (κ3) is 4.62. The Kier molecular flexibility index (Phi) is 6.72. The van der Waals surface area contributed by atoms with Crippen molar-refractivity contribution in [3.05, 3.63) is 41.7 Å². The Morgan fingerprint density at radius 1 is 1.00 bits per heavy atom. The lowest BCUT2D eigenvalue weighted by Crippen LogP contribution is -2.46. The van der Waals surface area contributed by atoms with Crippen LogP contribution in [0.15, 0.2) is 35.2 Å². The fourth-order valence-corrected chi connectivity index (χ4v) is 6.86. The van der Waals surface area contributed by atoms with Crippen molar-refractivity contribution in [2.24, 2.45) is 11.8 Å². The van der Waals surface area contributed by atoms with E-state index < -0.39 is 10.0 Å². The summed E-state index contributed by atoms with van der Waals surface area (Å²) in [6.07, 6.45) is 5.53. The van der Waals surface area contributed by atoms with Crippen molar-refractivity contribution in [3.63, 3.8) is 0 Å². The molecule has 8 heteroatoms. The van der Waals surface area contributed by atoms with Gasteiger partial charge in [0.25, 0.3) is 0 Å². The van der Waals surface area contributed by atoms with Crippen LogP contribution in [0.4, 0.5) is 0 Å². The van der Waals surface area contributed by atoms with Crippen molar-refractivity contribution in [2.45, 2.75) is 70.2 Å². The number of nitrogens with zero attached hydrogens (tertiary/aromatic N) is 3. The van der Waals surface area contributed by atoms with Gasteiger partial charge in [-0.05, 0) is 70.4 Å². The van der Waals surface area contributed by atoms with Crippen LogP contribution in [0, 0.1) is 25.7 Å². The highest BCUT2D eigenvalue weighted by Crippen LogP contribution is 2.30. The first-order chi connectivity index (χ1) is 15.3. The molecule has 1 saturated heterocycles. The summed E-state index contributed by atoms with van der Waals surface area (Å²) in [5.41, 5.74) is 1.94. The van der Waals surface area contributed by atoms with Crippen LogP contribution >= 0.6 is 0 Å². The van der Waals surface area contributed by atoms with Gasteiger partial charge in [-0.3, -0.25) is 4.79 Å². The molecule has 2 aromatic rings. The smallest absolute Gasteiger partial charge is 0.246 e. The number of nitrogens with one attached hydrogen (secondary N) is 1. The average molecular weight is 459 g/mol. The number of aryl methyl sites for hydroxylation is 1. The highest BCUT2D eigenvalue weighted by molar-refractivity contribution is 7.89. The number of carbonyl (C=O) groups excluding carboxylic acids is 1. The quantitative estimate of drug-likeness (QED) is 0.742. The number of hydrogen-bond donors (Lipinski definition) is 1. The Labute approximate surface area is 191 Å². The van der Waals surface area contributed by atoms with Crippen LogP contribution in [0.5, 0.6) is 0 Å². The molecular weight excluding hydrogens is 424 g/mol. The fraction of sp³-hybridized carbons (Fsp3) is 0.583. The van der Waals surface area contributed by atoms with E-state index in [1.807, 2.05) is 30.3 Å². The Bertz CT molecular complexity index is 1050. The van der Waals surface area contributed by atoms with Crippen LogP contribution in [-0.4, -0.2) is 47.5 Å². The minimum atomic E-state index is -3.67. The lowest BCUT2D eigenvalue weighted by atomic mass is 9.87. The zero-order chi connectivity index (χ0) is 22.9. The number of hydrogen-bond acceptors (Lipinski definition) is 4. The van der Waals surface area contributed by atoms with Gasteiger partial charge in [0.05, 0.1) is 17.1 Å². The zero-order valence-corrected chi connectivity index (χ0v) is 20.1. The third-order valence-electron chi connectivity index (χ3n) is 7.01. The second-order valence-electron chi connectivity index (χ2n) is 9.39. The van der Waals surface area contributed by atoms with Crippen molar-refractivity contribution < 1.29 is 13.2 Å². The zero-order valence-electron chi connectivity index (χ0n) is 19.3. The molecule has 2 aliphatic rings. The van der Waals surface area contributed by atoms with Gasteiger partial charge in [0.1, 0.15) is 4.90 Å². The lowest BCUT2D eigenvalue weighted by molar-refractivity contribution is -0.127. The second kappa shape index (κ2) is 9.35. The Morgan fingerprint density at radius 2 is 1.62 bits per heavy atom. The molecule has 0 unspecified atom stereocenters. The molecule has 32 heavy (non-hydrogen) atoms. The van der Waals surface area contributed by atoms with Gasteiger partial charge >= 0.3 is 0 Å². The van der Waals surface area contributed by atoms with Crippen molar-refractivity contribution in [2.75, 3.05) is 13.1 Å². The molecule has 0 radical (unpaired) electrons. The van der Waals surface area contributed by atoms with Crippen LogP contribution in [0.2, 0.25) is 0 Å². The first-order valence-corrected chi connectivity index (χ1v) is 13.1. The summed E-state index contributed by atoms with van der Waals surface area (Å²) in [4.78, 5) is 13.0. The van der Waals surface area contributed by atoms with Crippen LogP contribution in [0.1, 0.15) is 56.8 Å². The minimum absolute atomic E-state index is 0.0888. The molecule has 1 aromatic heterocycles. The summed E-state index contributed by atoms with van der Waals surface area (Å²) in [7, 11) is -3.67. The van der Waals surface area contributed by atoms with E-state index in [-0.39, 0.29) is 22.8 Å². The molecule has 0 spiro atoms. The lowest BCUT2D eigenvalue weighted by Gasteiger charge is -2.33. The number of rotatable bonds is 5. The number of sulfonamides is 1. The molecule has 1 amide bonds. The predicted molar refractivity (Wildman–Crippen MR) is 124 cm³/mol. The number of amides is 1. The maximum atomic E-state index is 13.5. The normalized spacial score (nSPS) is 23.2. The topological polar surface area (TPSA) is 84.3 Å². The molecular formula is C24H34N4O3S. The third-order valence-corrected chi connectivity index (χ3v) is 9.16. The summed E-state index contributed by atoms with van der Waals surface area (Å²) in [6, 6.07) is 9.82. The van der Waals surface area contributed by atoms with E-state index in [1.54, 1.807) is 18.5 Å². The summed E-state index contributed by atoms with van der Waals surface area (Å²) in [5, 5.41) is 7.72. The largest absolute Gasteiger partial charge is 0.353 e. The van der Waals surface area contributed by atoms with Crippen LogP contribution in [0.3, 0.4) is 0 Å². The van der Waals surface area contributed by atoms with Crippen molar-refractivity contribution >= 4 is 15.9 Å². The number of carbonyl (C=O) groups is 1. The van der Waals surface area contributed by atoms with Crippen LogP contribution < -0.4 is 5.32 Å². The van der Waals surface area contributed by atoms with Gasteiger partial charge in [-0.25, -0.2) is 13.1 Å². The molecule has 2 heterocycles. The van der Waals surface area contributed by atoms with E-state index in [0.717, 1.165) is 37.3 Å². The van der Waals surface area contributed by atoms with Crippen LogP contribution in [-0.2, 0) is 14.8 Å². The predicted octanol–water partition coefficient (Wildman–Crippen LogP) is 3.58. The second-order valence-corrected chi connectivity index (χ2v) is 11.3. The van der Waals surface area contributed by atoms with E-state index >= 15 is 0 Å². The molecule has 1 aromatic carbocycles. The summed E-state index contributed by atoms with van der Waals surface area (Å²) < 4.78 is 30.1. The first-order valence-electron chi connectivity index (χ1n) is 11.7. The minimum Gasteiger partial charge on any atom is -0.353 e. The number of para-hydroxylation sites is 1. The van der Waals surface area contributed by atoms with Gasteiger partial charge in [0.15, 0.2) is 0 Å². The van der Waals surface area contributed by atoms with Gasteiger partial charge < -0.3 is 5.32 Å². The van der Waals surface area contributed by atoms with E-state index in [9.17, 15) is 13.2 Å². The maximum absolute atomic E-state index is 13.5. The molecule has 174 valence electrons. The van der Waals surface area contributed by atoms with Crippen molar-refractivity contribution in [1.29, 1.82) is 0 Å². The van der Waals surface area contributed by atoms with E-state index in [4.69, 9.17) is 0 Å². The van der Waals surface area contributed by atoms with Crippen LogP contribution in [0.25, 0.3) is 5.69 Å². The van der Waals surface area contributed by atoms with Gasteiger partial charge in [-0.2, -0.15) is 9.40 Å². The highest BCUT2D eigenvalue weighted by Gasteiger charge is 2.36. The monoisotopic (exact) mass is 458 g/mol. The molecule has 1 saturated carbocycles. The van der Waals surface area contributed by atoms with Gasteiger partial charge in [-0.15, -0.1) is 0 Å². The number of aromatic nitrogens is 2. The average Bonchev–Trinajstić information content (AvgIpc) is 3.10. The first kappa shape index (κ1) is 23.0. The summed E-state index contributed by atoms with van der Waals surface area (Å²) in [5.74, 6) is 0.718. The Balaban J connectivity index is 1.42. The highest BCUT2D eigenvalue weighted by atomic mass is 32.2. The molecule has 1 aliphatic heterocycles. The maximum Gasteiger partial charge on any atom is 0.246 e. The Hall–Kier alpha value is -2.19. The summed E-state index contributed by atoms with van der Waals surface area (Å²) >= 11 is 0.